The topological polar surface area (TPSA) is 32.8 Å². The highest BCUT2D eigenvalue weighted by Crippen LogP contribution is 2.51. The van der Waals surface area contributed by atoms with Crippen LogP contribution >= 0.6 is 0 Å². The molecule has 1 saturated carbocycles. The Morgan fingerprint density at radius 1 is 1.20 bits per heavy atom. The normalized spacial score (nSPS) is 20.6. The second-order valence-electron chi connectivity index (χ2n) is 8.93. The van der Waals surface area contributed by atoms with Gasteiger partial charge in [-0.3, -0.25) is 4.90 Å². The van der Waals surface area contributed by atoms with E-state index in [0.29, 0.717) is 11.5 Å². The summed E-state index contributed by atoms with van der Waals surface area (Å²) in [6, 6.07) is 11.4. The van der Waals surface area contributed by atoms with Gasteiger partial charge in [-0.25, -0.2) is 4.79 Å². The Morgan fingerprint density at radius 2 is 1.80 bits per heavy atom. The van der Waals surface area contributed by atoms with Gasteiger partial charge in [-0.15, -0.1) is 0 Å². The molecule has 0 radical (unpaired) electrons. The highest BCUT2D eigenvalue weighted by atomic mass is 16.6. The fourth-order valence-corrected chi connectivity index (χ4v) is 4.15. The maximum Gasteiger partial charge on any atom is 0.410 e. The van der Waals surface area contributed by atoms with Gasteiger partial charge in [0, 0.05) is 25.7 Å². The molecule has 4 nitrogen and oxygen atoms in total. The molecular weight excluding hydrogens is 312 g/mol. The number of benzene rings is 1. The van der Waals surface area contributed by atoms with Gasteiger partial charge in [-0.2, -0.15) is 0 Å². The van der Waals surface area contributed by atoms with Gasteiger partial charge in [0.05, 0.1) is 0 Å². The molecule has 1 spiro atoms. The Balaban J connectivity index is 1.44. The van der Waals surface area contributed by atoms with E-state index in [1.807, 2.05) is 25.7 Å². The molecule has 0 atom stereocenters. The molecule has 0 unspecified atom stereocenters. The molecule has 1 aromatic rings. The van der Waals surface area contributed by atoms with E-state index in [1.54, 1.807) is 0 Å². The Morgan fingerprint density at radius 3 is 2.36 bits per heavy atom. The van der Waals surface area contributed by atoms with Crippen molar-refractivity contribution in [2.45, 2.75) is 64.6 Å². The molecule has 2 aliphatic rings. The summed E-state index contributed by atoms with van der Waals surface area (Å²) in [5.41, 5.74) is 1.42. The highest BCUT2D eigenvalue weighted by molar-refractivity contribution is 5.68. The summed E-state index contributed by atoms with van der Waals surface area (Å²) in [6.07, 6.45) is 4.60. The predicted octanol–water partition coefficient (Wildman–Crippen LogP) is 4.30. The maximum atomic E-state index is 12.2. The standard InChI is InChI=1S/C21H32N2O2/c1-20(2,3)25-19(24)23-12-10-21(11-13-23)14-18(15-21)22(4)16-17-8-6-5-7-9-17/h5-9,18H,10-16H2,1-4H3. The number of piperidine rings is 1. The van der Waals surface area contributed by atoms with E-state index in [9.17, 15) is 4.79 Å². The Labute approximate surface area is 152 Å². The van der Waals surface area contributed by atoms with E-state index in [-0.39, 0.29) is 6.09 Å². The maximum absolute atomic E-state index is 12.2. The smallest absolute Gasteiger partial charge is 0.410 e. The van der Waals surface area contributed by atoms with Crippen molar-refractivity contribution in [3.05, 3.63) is 35.9 Å². The van der Waals surface area contributed by atoms with Crippen LogP contribution in [-0.2, 0) is 11.3 Å². The van der Waals surface area contributed by atoms with Crippen molar-refractivity contribution < 1.29 is 9.53 Å². The lowest BCUT2D eigenvalue weighted by atomic mass is 9.60. The van der Waals surface area contributed by atoms with E-state index in [2.05, 4.69) is 42.3 Å². The number of carbonyl (C=O) groups excluding carboxylic acids is 1. The number of hydrogen-bond acceptors (Lipinski definition) is 3. The van der Waals surface area contributed by atoms with Crippen molar-refractivity contribution in [2.75, 3.05) is 20.1 Å². The second-order valence-corrected chi connectivity index (χ2v) is 8.93. The molecule has 1 aromatic carbocycles. The number of rotatable bonds is 3. The van der Waals surface area contributed by atoms with Gasteiger partial charge in [0.15, 0.2) is 0 Å². The molecule has 1 saturated heterocycles. The molecule has 1 aliphatic carbocycles. The first-order valence-corrected chi connectivity index (χ1v) is 9.49. The zero-order chi connectivity index (χ0) is 18.1. The lowest BCUT2D eigenvalue weighted by molar-refractivity contribution is -0.0434. The van der Waals surface area contributed by atoms with Crippen LogP contribution in [0.1, 0.15) is 52.0 Å². The van der Waals surface area contributed by atoms with Crippen LogP contribution in [0.15, 0.2) is 30.3 Å². The zero-order valence-corrected chi connectivity index (χ0v) is 16.1. The van der Waals surface area contributed by atoms with Crippen LogP contribution in [0.3, 0.4) is 0 Å². The van der Waals surface area contributed by atoms with Crippen molar-refractivity contribution in [2.24, 2.45) is 5.41 Å². The summed E-state index contributed by atoms with van der Waals surface area (Å²) in [5, 5.41) is 0. The largest absolute Gasteiger partial charge is 0.444 e. The number of nitrogens with zero attached hydrogens (tertiary/aromatic N) is 2. The third-order valence-electron chi connectivity index (χ3n) is 5.71. The molecular formula is C21H32N2O2. The number of hydrogen-bond donors (Lipinski definition) is 0. The molecule has 0 aromatic heterocycles. The third-order valence-corrected chi connectivity index (χ3v) is 5.71. The SMILES string of the molecule is CN(Cc1ccccc1)C1CC2(CCN(C(=O)OC(C)(C)C)CC2)C1. The van der Waals surface area contributed by atoms with E-state index in [4.69, 9.17) is 4.74 Å². The summed E-state index contributed by atoms with van der Waals surface area (Å²) in [6.45, 7) is 8.47. The molecule has 0 bridgehead atoms. The predicted molar refractivity (Wildman–Crippen MR) is 100 cm³/mol. The number of likely N-dealkylation sites (tertiary alicyclic amines) is 1. The number of amides is 1. The van der Waals surface area contributed by atoms with Crippen LogP contribution in [0.25, 0.3) is 0 Å². The van der Waals surface area contributed by atoms with Gasteiger partial charge in [0.2, 0.25) is 0 Å². The molecule has 0 N–H and O–H groups in total. The first kappa shape index (κ1) is 18.2. The monoisotopic (exact) mass is 344 g/mol. The molecule has 1 amide bonds. The summed E-state index contributed by atoms with van der Waals surface area (Å²) in [7, 11) is 2.24. The number of carbonyl (C=O) groups is 1. The Hall–Kier alpha value is -1.55. The average molecular weight is 344 g/mol. The van der Waals surface area contributed by atoms with Crippen molar-refractivity contribution in [1.29, 1.82) is 0 Å². The summed E-state index contributed by atoms with van der Waals surface area (Å²) >= 11 is 0. The van der Waals surface area contributed by atoms with Crippen LogP contribution < -0.4 is 0 Å². The quantitative estimate of drug-likeness (QED) is 0.819. The molecule has 1 heterocycles. The average Bonchev–Trinajstić information content (AvgIpc) is 2.52. The lowest BCUT2D eigenvalue weighted by Gasteiger charge is -2.54. The van der Waals surface area contributed by atoms with Crippen molar-refractivity contribution >= 4 is 6.09 Å². The highest BCUT2D eigenvalue weighted by Gasteiger charge is 2.47. The Kier molecular flexibility index (Phi) is 5.10. The van der Waals surface area contributed by atoms with Gasteiger partial charge < -0.3 is 9.64 Å². The molecule has 138 valence electrons. The van der Waals surface area contributed by atoms with Gasteiger partial charge in [-0.1, -0.05) is 30.3 Å². The summed E-state index contributed by atoms with van der Waals surface area (Å²) in [5.74, 6) is 0. The van der Waals surface area contributed by atoms with Gasteiger partial charge in [0.1, 0.15) is 5.60 Å². The minimum Gasteiger partial charge on any atom is -0.444 e. The number of ether oxygens (including phenoxy) is 1. The van der Waals surface area contributed by atoms with Crippen LogP contribution in [0, 0.1) is 5.41 Å². The fourth-order valence-electron chi connectivity index (χ4n) is 4.15. The van der Waals surface area contributed by atoms with Gasteiger partial charge in [0.25, 0.3) is 0 Å². The van der Waals surface area contributed by atoms with Crippen molar-refractivity contribution in [1.82, 2.24) is 9.80 Å². The molecule has 3 rings (SSSR count). The Bertz CT molecular complexity index is 578. The molecule has 4 heteroatoms. The van der Waals surface area contributed by atoms with Crippen LogP contribution in [0.5, 0.6) is 0 Å². The molecule has 1 aliphatic heterocycles. The first-order valence-electron chi connectivity index (χ1n) is 9.49. The minimum absolute atomic E-state index is 0.153. The van der Waals surface area contributed by atoms with Gasteiger partial charge in [-0.05, 0) is 64.5 Å². The van der Waals surface area contributed by atoms with E-state index in [0.717, 1.165) is 32.5 Å². The van der Waals surface area contributed by atoms with Gasteiger partial charge >= 0.3 is 6.09 Å². The third kappa shape index (κ3) is 4.55. The lowest BCUT2D eigenvalue weighted by Crippen LogP contribution is -2.55. The van der Waals surface area contributed by atoms with E-state index in [1.165, 1.54) is 18.4 Å². The zero-order valence-electron chi connectivity index (χ0n) is 16.1. The first-order chi connectivity index (χ1) is 11.8. The van der Waals surface area contributed by atoms with E-state index >= 15 is 0 Å². The van der Waals surface area contributed by atoms with Crippen LogP contribution in [0.4, 0.5) is 4.79 Å². The second kappa shape index (κ2) is 6.99. The van der Waals surface area contributed by atoms with Crippen LogP contribution in [0.2, 0.25) is 0 Å². The molecule has 2 fully saturated rings. The molecule has 25 heavy (non-hydrogen) atoms. The minimum atomic E-state index is -0.409. The van der Waals surface area contributed by atoms with E-state index < -0.39 is 5.60 Å². The summed E-state index contributed by atoms with van der Waals surface area (Å²) < 4.78 is 5.50. The van der Waals surface area contributed by atoms with Crippen molar-refractivity contribution in [3.63, 3.8) is 0 Å². The summed E-state index contributed by atoms with van der Waals surface area (Å²) in [4.78, 5) is 16.6. The van der Waals surface area contributed by atoms with Crippen molar-refractivity contribution in [3.8, 4) is 0 Å². The van der Waals surface area contributed by atoms with Crippen LogP contribution in [-0.4, -0.2) is 47.7 Å². The fraction of sp³-hybridized carbons (Fsp3) is 0.667.